The fraction of sp³-hybridized carbons (Fsp3) is 0.250. The number of rotatable bonds is 8. The number of hydrogen-bond acceptors (Lipinski definition) is 5. The summed E-state index contributed by atoms with van der Waals surface area (Å²) in [5, 5.41) is 4.77. The van der Waals surface area contributed by atoms with Gasteiger partial charge in [-0.1, -0.05) is 36.4 Å². The first-order valence-corrected chi connectivity index (χ1v) is 9.64. The molecule has 0 bridgehead atoms. The number of nitrogens with one attached hydrogen (secondary N) is 1. The molecule has 1 amide bonds. The Morgan fingerprint density at radius 2 is 1.50 bits per heavy atom. The molecule has 3 aromatic carbocycles. The molecule has 0 saturated carbocycles. The Kier molecular flexibility index (Phi) is 6.91. The third-order valence-electron chi connectivity index (χ3n) is 4.92. The normalized spacial score (nSPS) is 11.6. The Balaban J connectivity index is 1.52. The van der Waals surface area contributed by atoms with E-state index < -0.39 is 11.9 Å². The minimum Gasteiger partial charge on any atom is -0.497 e. The number of carbonyl (C=O) groups excluding carboxylic acids is 2. The summed E-state index contributed by atoms with van der Waals surface area (Å²) in [6, 6.07) is 18.9. The quantitative estimate of drug-likeness (QED) is 0.575. The van der Waals surface area contributed by atoms with Gasteiger partial charge in [0.2, 0.25) is 0 Å². The predicted molar refractivity (Wildman–Crippen MR) is 115 cm³/mol. The minimum atomic E-state index is -0.481. The molecule has 1 atom stereocenters. The Labute approximate surface area is 175 Å². The van der Waals surface area contributed by atoms with E-state index in [1.807, 2.05) is 60.7 Å². The van der Waals surface area contributed by atoms with Crippen LogP contribution in [-0.4, -0.2) is 32.7 Å². The molecule has 0 fully saturated rings. The molecule has 1 N–H and O–H groups in total. The van der Waals surface area contributed by atoms with Crippen LogP contribution < -0.4 is 14.8 Å². The predicted octanol–water partition coefficient (Wildman–Crippen LogP) is 3.82. The van der Waals surface area contributed by atoms with Gasteiger partial charge >= 0.3 is 5.97 Å². The maximum atomic E-state index is 12.4. The maximum Gasteiger partial charge on any atom is 0.313 e. The molecular formula is C24H25NO5. The second-order valence-electron chi connectivity index (χ2n) is 6.93. The van der Waals surface area contributed by atoms with Crippen molar-refractivity contribution in [2.24, 2.45) is 0 Å². The molecule has 0 aliphatic rings. The summed E-state index contributed by atoms with van der Waals surface area (Å²) in [5.74, 6) is 0.259. The van der Waals surface area contributed by atoms with Crippen LogP contribution in [-0.2, 0) is 20.9 Å². The van der Waals surface area contributed by atoms with Gasteiger partial charge in [0.1, 0.15) is 11.5 Å². The van der Waals surface area contributed by atoms with E-state index >= 15 is 0 Å². The molecule has 0 saturated heterocycles. The topological polar surface area (TPSA) is 73.9 Å². The number of esters is 1. The molecule has 6 heteroatoms. The maximum absolute atomic E-state index is 12.4. The average Bonchev–Trinajstić information content (AvgIpc) is 2.80. The molecule has 30 heavy (non-hydrogen) atoms. The van der Waals surface area contributed by atoms with Gasteiger partial charge in [-0.25, -0.2) is 0 Å². The van der Waals surface area contributed by atoms with Crippen molar-refractivity contribution < 1.29 is 23.8 Å². The van der Waals surface area contributed by atoms with Crippen molar-refractivity contribution >= 4 is 22.6 Å². The van der Waals surface area contributed by atoms with E-state index in [2.05, 4.69) is 5.32 Å². The molecule has 3 rings (SSSR count). The molecular weight excluding hydrogens is 382 g/mol. The van der Waals surface area contributed by atoms with Crippen LogP contribution in [0.5, 0.6) is 11.5 Å². The highest BCUT2D eigenvalue weighted by atomic mass is 16.5. The molecule has 0 aromatic heterocycles. The number of hydrogen-bond donors (Lipinski definition) is 1. The van der Waals surface area contributed by atoms with Crippen LogP contribution in [0.3, 0.4) is 0 Å². The zero-order chi connectivity index (χ0) is 21.5. The molecule has 0 aliphatic carbocycles. The van der Waals surface area contributed by atoms with Gasteiger partial charge in [-0.3, -0.25) is 9.59 Å². The van der Waals surface area contributed by atoms with Gasteiger partial charge < -0.3 is 19.5 Å². The number of methoxy groups -OCH3 is 2. The standard InChI is InChI=1S/C24H25NO5/c1-16(18-6-7-20-13-22(29-3)11-8-19(20)12-18)24(27)30-15-23(26)25-14-17-4-9-21(28-2)10-5-17/h4-13,16H,14-15H2,1-3H3,(H,25,26)/t16-/m0/s1. The zero-order valence-electron chi connectivity index (χ0n) is 17.3. The Morgan fingerprint density at radius 3 is 2.20 bits per heavy atom. The highest BCUT2D eigenvalue weighted by molar-refractivity contribution is 5.87. The molecule has 0 heterocycles. The summed E-state index contributed by atoms with van der Waals surface area (Å²) < 4.78 is 15.5. The van der Waals surface area contributed by atoms with Crippen LogP contribution in [0.4, 0.5) is 0 Å². The van der Waals surface area contributed by atoms with E-state index in [1.165, 1.54) is 0 Å². The van der Waals surface area contributed by atoms with Crippen molar-refractivity contribution in [1.82, 2.24) is 5.32 Å². The second-order valence-corrected chi connectivity index (χ2v) is 6.93. The van der Waals surface area contributed by atoms with Crippen LogP contribution in [0.2, 0.25) is 0 Å². The summed E-state index contributed by atoms with van der Waals surface area (Å²) in [6.45, 7) is 1.80. The van der Waals surface area contributed by atoms with E-state index in [4.69, 9.17) is 14.2 Å². The molecule has 0 radical (unpaired) electrons. The lowest BCUT2D eigenvalue weighted by molar-refractivity contribution is -0.149. The molecule has 0 aliphatic heterocycles. The third-order valence-corrected chi connectivity index (χ3v) is 4.92. The lowest BCUT2D eigenvalue weighted by Crippen LogP contribution is -2.29. The fourth-order valence-corrected chi connectivity index (χ4v) is 3.03. The highest BCUT2D eigenvalue weighted by Crippen LogP contribution is 2.25. The van der Waals surface area contributed by atoms with Crippen molar-refractivity contribution in [2.75, 3.05) is 20.8 Å². The van der Waals surface area contributed by atoms with E-state index in [1.54, 1.807) is 21.1 Å². The van der Waals surface area contributed by atoms with E-state index in [0.717, 1.165) is 33.4 Å². The number of benzene rings is 3. The largest absolute Gasteiger partial charge is 0.497 e. The van der Waals surface area contributed by atoms with Crippen LogP contribution in [0.25, 0.3) is 10.8 Å². The molecule has 156 valence electrons. The van der Waals surface area contributed by atoms with E-state index in [0.29, 0.717) is 6.54 Å². The van der Waals surface area contributed by atoms with Crippen LogP contribution in [0, 0.1) is 0 Å². The van der Waals surface area contributed by atoms with Crippen molar-refractivity contribution in [3.05, 3.63) is 71.8 Å². The van der Waals surface area contributed by atoms with Crippen molar-refractivity contribution in [3.8, 4) is 11.5 Å². The zero-order valence-corrected chi connectivity index (χ0v) is 17.3. The number of fused-ring (bicyclic) bond motifs is 1. The first-order chi connectivity index (χ1) is 14.5. The monoisotopic (exact) mass is 407 g/mol. The molecule has 0 unspecified atom stereocenters. The highest BCUT2D eigenvalue weighted by Gasteiger charge is 2.18. The van der Waals surface area contributed by atoms with Crippen molar-refractivity contribution in [2.45, 2.75) is 19.4 Å². The summed E-state index contributed by atoms with van der Waals surface area (Å²) >= 11 is 0. The van der Waals surface area contributed by atoms with Gasteiger partial charge in [0.25, 0.3) is 5.91 Å². The van der Waals surface area contributed by atoms with Gasteiger partial charge in [-0.05, 0) is 53.1 Å². The smallest absolute Gasteiger partial charge is 0.313 e. The van der Waals surface area contributed by atoms with E-state index in [-0.39, 0.29) is 12.5 Å². The molecule has 3 aromatic rings. The Morgan fingerprint density at radius 1 is 0.867 bits per heavy atom. The summed E-state index contributed by atoms with van der Waals surface area (Å²) in [5.41, 5.74) is 1.76. The molecule has 0 spiro atoms. The minimum absolute atomic E-state index is 0.315. The first kappa shape index (κ1) is 21.2. The average molecular weight is 407 g/mol. The fourth-order valence-electron chi connectivity index (χ4n) is 3.03. The number of carbonyl (C=O) groups is 2. The van der Waals surface area contributed by atoms with E-state index in [9.17, 15) is 9.59 Å². The van der Waals surface area contributed by atoms with Crippen LogP contribution >= 0.6 is 0 Å². The van der Waals surface area contributed by atoms with Gasteiger partial charge in [-0.15, -0.1) is 0 Å². The Hall–Kier alpha value is -3.54. The SMILES string of the molecule is COc1ccc(CNC(=O)COC(=O)[C@@H](C)c2ccc3cc(OC)ccc3c2)cc1. The lowest BCUT2D eigenvalue weighted by atomic mass is 9.98. The second kappa shape index (κ2) is 9.78. The van der Waals surface area contributed by atoms with Crippen molar-refractivity contribution in [1.29, 1.82) is 0 Å². The lowest BCUT2D eigenvalue weighted by Gasteiger charge is -2.13. The van der Waals surface area contributed by atoms with Crippen LogP contribution in [0.15, 0.2) is 60.7 Å². The first-order valence-electron chi connectivity index (χ1n) is 9.64. The molecule has 6 nitrogen and oxygen atoms in total. The van der Waals surface area contributed by atoms with Gasteiger partial charge in [0, 0.05) is 6.54 Å². The van der Waals surface area contributed by atoms with Crippen molar-refractivity contribution in [3.63, 3.8) is 0 Å². The summed E-state index contributed by atoms with van der Waals surface area (Å²) in [6.07, 6.45) is 0. The van der Waals surface area contributed by atoms with Gasteiger partial charge in [-0.2, -0.15) is 0 Å². The summed E-state index contributed by atoms with van der Waals surface area (Å²) in [7, 11) is 3.22. The number of ether oxygens (including phenoxy) is 3. The number of amides is 1. The van der Waals surface area contributed by atoms with Crippen LogP contribution in [0.1, 0.15) is 24.0 Å². The van der Waals surface area contributed by atoms with Gasteiger partial charge in [0.05, 0.1) is 20.1 Å². The summed E-state index contributed by atoms with van der Waals surface area (Å²) in [4.78, 5) is 24.4. The third kappa shape index (κ3) is 5.29. The van der Waals surface area contributed by atoms with Gasteiger partial charge in [0.15, 0.2) is 6.61 Å². The Bertz CT molecular complexity index is 1030.